The molecule has 450 valence electrons. The van der Waals surface area contributed by atoms with Crippen molar-refractivity contribution in [3.05, 3.63) is 249 Å². The number of hydrogen-bond acceptors (Lipinski definition) is 4. The van der Waals surface area contributed by atoms with Crippen LogP contribution in [0.1, 0.15) is 131 Å². The van der Waals surface area contributed by atoms with Crippen LogP contribution in [-0.4, -0.2) is 43.1 Å². The maximum Gasteiger partial charge on any atom is 2.00 e. The second-order valence-corrected chi connectivity index (χ2v) is 24.6. The number of unbranched alkanes of at least 4 members (excludes halogenated alkanes) is 2. The van der Waals surface area contributed by atoms with E-state index in [9.17, 15) is 0 Å². The van der Waals surface area contributed by atoms with E-state index in [-0.39, 0.29) is 27.3 Å². The van der Waals surface area contributed by atoms with Crippen LogP contribution in [0.2, 0.25) is 0 Å². The largest absolute Gasteiger partial charge is 2.00 e. The normalized spacial score (nSPS) is 12.2. The fourth-order valence-electron chi connectivity index (χ4n) is 13.9. The zero-order valence-corrected chi connectivity index (χ0v) is 53.0. The number of hydrogen-bond donors (Lipinski definition) is 4. The second-order valence-electron chi connectivity index (χ2n) is 24.6. The number of aromatic nitrogens is 8. The van der Waals surface area contributed by atoms with Crippen molar-refractivity contribution < 1.29 is 26.0 Å². The molecule has 2 aliphatic heterocycles. The number of H-pyrrole nitrogens is 4. The molecule has 0 atom stereocenters. The van der Waals surface area contributed by atoms with Gasteiger partial charge in [-0.05, 0) is 258 Å². The minimum Gasteiger partial charge on any atom is -0.657 e. The molecule has 9 heterocycles. The van der Waals surface area contributed by atoms with Crippen LogP contribution in [0.25, 0.3) is 90.9 Å². The average Bonchev–Trinajstić information content (AvgIpc) is 2.26. The van der Waals surface area contributed by atoms with Crippen molar-refractivity contribution in [1.82, 2.24) is 39.9 Å². The molecule has 0 spiro atoms. The van der Waals surface area contributed by atoms with Gasteiger partial charge in [0.2, 0.25) is 0 Å². The molecule has 11 heteroatoms. The molecule has 0 aliphatic carbocycles. The summed E-state index contributed by atoms with van der Waals surface area (Å²) < 4.78 is 13.3. The third kappa shape index (κ3) is 12.0. The van der Waals surface area contributed by atoms with E-state index in [1.165, 1.54) is 33.9 Å². The second kappa shape index (κ2) is 25.4. The van der Waals surface area contributed by atoms with Crippen LogP contribution in [0.5, 0.6) is 11.5 Å². The van der Waals surface area contributed by atoms with Crippen LogP contribution >= 0.6 is 0 Å². The van der Waals surface area contributed by atoms with Gasteiger partial charge >= 0.3 is 16.5 Å². The number of ether oxygens (including phenoxy) is 2. The van der Waals surface area contributed by atoms with Crippen LogP contribution in [0, 0.1) is 41.5 Å². The molecule has 4 N–H and O–H groups in total. The maximum absolute atomic E-state index is 6.65. The van der Waals surface area contributed by atoms with Crippen LogP contribution in [-0.2, 0) is 27.3 Å². The predicted molar refractivity (Wildman–Crippen MR) is 362 cm³/mol. The van der Waals surface area contributed by atoms with Crippen molar-refractivity contribution in [3.63, 3.8) is 0 Å². The average molecular weight is 1220 g/mol. The van der Waals surface area contributed by atoms with Gasteiger partial charge in [0.15, 0.2) is 0 Å². The van der Waals surface area contributed by atoms with Gasteiger partial charge in [0, 0.05) is 58.4 Å². The first kappa shape index (κ1) is 60.0. The van der Waals surface area contributed by atoms with Gasteiger partial charge in [0.05, 0.1) is 36.0 Å². The maximum atomic E-state index is 6.65. The Balaban J connectivity index is 0.00000769. The molecular weight excluding hydrogens is 1140 g/mol. The molecule has 10 nitrogen and oxygen atoms in total. The summed E-state index contributed by atoms with van der Waals surface area (Å²) in [5, 5.41) is 0. The molecule has 2 aliphatic rings. The standard InChI is InChI=1S/C78H76N8O2.Ni/c1-49-43-51(3)71(52(4)44-49)75-63-31-27-59(83-63)73(55-19-13-21-57(47-55)87-41-11-9-35-77(7,67-23-15-37-79-67)68-24-16-38-80-68)61-29-33-65(85-61)76(72-53(5)45-50(2)46-54(72)6)66-34-30-62(86-66)74(60-28-32-64(75)84-60)56-20-14-22-58(48-56)88-42-12-10-36-78(8,69-25-17-39-81-69)70-26-18-40-82-70;/h13-34,37-40,43-48,79-82H,9-12,35-36,41-42H2,1-8H3;/q-2;+2. The molecule has 11 aromatic rings. The third-order valence-corrected chi connectivity index (χ3v) is 18.2. The molecule has 0 saturated carbocycles. The number of nitrogens with one attached hydrogen (secondary N) is 4. The van der Waals surface area contributed by atoms with Crippen LogP contribution < -0.4 is 19.4 Å². The predicted octanol–water partition coefficient (Wildman–Crippen LogP) is 18.9. The molecule has 4 aromatic carbocycles. The quantitative estimate of drug-likeness (QED) is 0.0443. The molecule has 13 rings (SSSR count). The van der Waals surface area contributed by atoms with Gasteiger partial charge in [-0.15, -0.1) is 22.1 Å². The van der Waals surface area contributed by atoms with Gasteiger partial charge in [-0.25, -0.2) is 9.97 Å². The van der Waals surface area contributed by atoms with Gasteiger partial charge in [-0.1, -0.05) is 83.9 Å². The molecule has 0 fully saturated rings. The van der Waals surface area contributed by atoms with Crippen molar-refractivity contribution in [1.29, 1.82) is 0 Å². The topological polar surface area (TPSA) is 136 Å². The van der Waals surface area contributed by atoms with Crippen molar-refractivity contribution in [3.8, 4) is 56.0 Å². The number of benzene rings is 4. The summed E-state index contributed by atoms with van der Waals surface area (Å²) in [5.74, 6) is 1.59. The molecule has 0 radical (unpaired) electrons. The van der Waals surface area contributed by atoms with Crippen molar-refractivity contribution in [2.45, 2.75) is 105 Å². The summed E-state index contributed by atoms with van der Waals surface area (Å²) in [6.45, 7) is 18.9. The minimum absolute atomic E-state index is 0. The first-order chi connectivity index (χ1) is 42.8. The van der Waals surface area contributed by atoms with Gasteiger partial charge in [-0.2, -0.15) is 0 Å². The Bertz CT molecular complexity index is 4150. The molecule has 0 saturated heterocycles. The molecular formula is C78H76N8NiO2. The summed E-state index contributed by atoms with van der Waals surface area (Å²) in [5.41, 5.74) is 25.9. The monoisotopic (exact) mass is 1210 g/mol. The number of aromatic amines is 4. The van der Waals surface area contributed by atoms with Gasteiger partial charge in [-0.3, -0.25) is 0 Å². The van der Waals surface area contributed by atoms with Crippen LogP contribution in [0.15, 0.2) is 170 Å². The van der Waals surface area contributed by atoms with Crippen molar-refractivity contribution in [2.24, 2.45) is 0 Å². The van der Waals surface area contributed by atoms with E-state index in [2.05, 4.69) is 245 Å². The van der Waals surface area contributed by atoms with E-state index >= 15 is 0 Å². The molecule has 0 amide bonds. The Morgan fingerprint density at radius 1 is 0.371 bits per heavy atom. The van der Waals surface area contributed by atoms with E-state index in [0.717, 1.165) is 162 Å². The summed E-state index contributed by atoms with van der Waals surface area (Å²) in [6, 6.07) is 51.5. The summed E-state index contributed by atoms with van der Waals surface area (Å²) >= 11 is 0. The summed E-state index contributed by atoms with van der Waals surface area (Å²) in [7, 11) is 0. The Kier molecular flexibility index (Phi) is 17.1. The van der Waals surface area contributed by atoms with E-state index in [4.69, 9.17) is 29.4 Å². The zero-order valence-electron chi connectivity index (χ0n) is 52.1. The van der Waals surface area contributed by atoms with Crippen molar-refractivity contribution >= 4 is 46.4 Å². The Labute approximate surface area is 532 Å². The molecule has 89 heavy (non-hydrogen) atoms. The van der Waals surface area contributed by atoms with Crippen LogP contribution in [0.3, 0.4) is 0 Å². The zero-order chi connectivity index (χ0) is 60.5. The van der Waals surface area contributed by atoms with E-state index < -0.39 is 0 Å². The molecule has 8 bridgehead atoms. The Hall–Kier alpha value is -9.31. The van der Waals surface area contributed by atoms with Crippen molar-refractivity contribution in [2.75, 3.05) is 13.2 Å². The number of nitrogens with zero attached hydrogens (tertiary/aromatic N) is 4. The Morgan fingerprint density at radius 3 is 1.02 bits per heavy atom. The fourth-order valence-corrected chi connectivity index (χ4v) is 13.9. The minimum atomic E-state index is -0.170. The number of rotatable bonds is 20. The van der Waals surface area contributed by atoms with Gasteiger partial charge in [0.1, 0.15) is 11.5 Å². The summed E-state index contributed by atoms with van der Waals surface area (Å²) in [6.07, 6.45) is 22.3. The first-order valence-electron chi connectivity index (χ1n) is 31.1. The van der Waals surface area contributed by atoms with E-state index in [1.54, 1.807) is 0 Å². The molecule has 7 aromatic heterocycles. The SMILES string of the molecule is Cc1cc(C)c(-c2c3nc(c(-c4cccc(OCCCCC(C)(c5ccc[nH]5)c5ccc[nH]5)c4)c4ccc([n-]4)c(-c4c(C)cc(C)cc4C)c4nc(c(-c5cccc(OCCCCC(C)(c6ccc[nH]6)c6ccc[nH]6)c5)c5ccc2[n-]5)C=C4)C=C3)c(C)c1.[Ni+2]. The first-order valence-corrected chi connectivity index (χ1v) is 31.1. The van der Waals surface area contributed by atoms with Gasteiger partial charge in [0.25, 0.3) is 0 Å². The van der Waals surface area contributed by atoms with E-state index in [1.807, 2.05) is 24.8 Å². The summed E-state index contributed by atoms with van der Waals surface area (Å²) in [4.78, 5) is 36.6. The third-order valence-electron chi connectivity index (χ3n) is 18.2. The van der Waals surface area contributed by atoms with Gasteiger partial charge < -0.3 is 39.4 Å². The molecule has 0 unspecified atom stereocenters. The number of aryl methyl sites for hydroxylation is 6. The Morgan fingerprint density at radius 2 is 0.697 bits per heavy atom. The van der Waals surface area contributed by atoms with E-state index in [0.29, 0.717) is 13.2 Å². The number of fused-ring (bicyclic) bond motifs is 8. The van der Waals surface area contributed by atoms with Crippen LogP contribution in [0.4, 0.5) is 0 Å². The fraction of sp³-hybridized carbons (Fsp3) is 0.231. The smallest absolute Gasteiger partial charge is 0.657 e.